The maximum atomic E-state index is 5.70. The Morgan fingerprint density at radius 2 is 1.92 bits per heavy atom. The van der Waals surface area contributed by atoms with Gasteiger partial charge in [0.05, 0.1) is 0 Å². The van der Waals surface area contributed by atoms with Crippen molar-refractivity contribution in [2.24, 2.45) is 5.73 Å². The Morgan fingerprint density at radius 3 is 2.33 bits per heavy atom. The van der Waals surface area contributed by atoms with Crippen LogP contribution in [-0.2, 0) is 0 Å². The zero-order chi connectivity index (χ0) is 9.40. The summed E-state index contributed by atoms with van der Waals surface area (Å²) in [5.74, 6) is 0. The Morgan fingerprint density at radius 1 is 1.25 bits per heavy atom. The first-order valence-corrected chi connectivity index (χ1v) is 5.16. The highest BCUT2D eigenvalue weighted by Crippen LogP contribution is 2.06. The van der Waals surface area contributed by atoms with E-state index in [1.807, 2.05) is 0 Å². The van der Waals surface area contributed by atoms with Crippen LogP contribution in [-0.4, -0.2) is 31.1 Å². The lowest BCUT2D eigenvalue weighted by atomic mass is 10.1. The minimum atomic E-state index is 0.602. The van der Waals surface area contributed by atoms with Crippen molar-refractivity contribution in [3.8, 4) is 0 Å². The van der Waals surface area contributed by atoms with Gasteiger partial charge >= 0.3 is 0 Å². The fourth-order valence-electron chi connectivity index (χ4n) is 1.49. The van der Waals surface area contributed by atoms with Crippen LogP contribution in [0.1, 0.15) is 39.5 Å². The van der Waals surface area contributed by atoms with Gasteiger partial charge in [0.15, 0.2) is 0 Å². The minimum absolute atomic E-state index is 0.602. The Balaban J connectivity index is 3.62. The van der Waals surface area contributed by atoms with Crippen molar-refractivity contribution < 1.29 is 0 Å². The first-order chi connectivity index (χ1) is 5.76. The second-order valence-corrected chi connectivity index (χ2v) is 3.51. The highest BCUT2D eigenvalue weighted by molar-refractivity contribution is 4.68. The summed E-state index contributed by atoms with van der Waals surface area (Å²) in [4.78, 5) is 2.38. The lowest BCUT2D eigenvalue weighted by Gasteiger charge is -2.26. The molecule has 0 aromatic carbocycles. The van der Waals surface area contributed by atoms with E-state index in [9.17, 15) is 0 Å². The third-order valence-electron chi connectivity index (χ3n) is 2.36. The Kier molecular flexibility index (Phi) is 7.51. The van der Waals surface area contributed by atoms with Gasteiger partial charge in [0.1, 0.15) is 0 Å². The van der Waals surface area contributed by atoms with Gasteiger partial charge in [-0.2, -0.15) is 0 Å². The number of nitrogens with two attached hydrogens (primary N) is 1. The third kappa shape index (κ3) is 4.73. The van der Waals surface area contributed by atoms with Crippen LogP contribution >= 0.6 is 0 Å². The molecule has 74 valence electrons. The van der Waals surface area contributed by atoms with Crippen molar-refractivity contribution in [3.05, 3.63) is 0 Å². The fraction of sp³-hybridized carbons (Fsp3) is 1.00. The predicted molar refractivity (Wildman–Crippen MR) is 55.3 cm³/mol. The minimum Gasteiger partial charge on any atom is -0.329 e. The van der Waals surface area contributed by atoms with E-state index in [4.69, 9.17) is 5.73 Å². The number of hydrogen-bond donors (Lipinski definition) is 1. The van der Waals surface area contributed by atoms with Crippen molar-refractivity contribution in [3.63, 3.8) is 0 Å². The van der Waals surface area contributed by atoms with Crippen molar-refractivity contribution in [1.82, 2.24) is 4.90 Å². The van der Waals surface area contributed by atoms with Gasteiger partial charge in [0.2, 0.25) is 0 Å². The summed E-state index contributed by atoms with van der Waals surface area (Å²) in [6.45, 7) is 6.42. The van der Waals surface area contributed by atoms with E-state index < -0.39 is 0 Å². The average molecular weight is 172 g/mol. The second-order valence-electron chi connectivity index (χ2n) is 3.51. The van der Waals surface area contributed by atoms with Gasteiger partial charge in [0, 0.05) is 12.6 Å². The SMILES string of the molecule is CCCCC(CN)N(C)CCC. The number of nitrogens with zero attached hydrogens (tertiary/aromatic N) is 1. The molecule has 0 aromatic rings. The predicted octanol–water partition coefficient (Wildman–Crippen LogP) is 1.85. The Hall–Kier alpha value is -0.0800. The van der Waals surface area contributed by atoms with Crippen LogP contribution in [0.25, 0.3) is 0 Å². The number of hydrogen-bond acceptors (Lipinski definition) is 2. The first-order valence-electron chi connectivity index (χ1n) is 5.16. The van der Waals surface area contributed by atoms with Gasteiger partial charge in [-0.15, -0.1) is 0 Å². The Bertz CT molecular complexity index is 93.8. The molecular formula is C10H24N2. The summed E-state index contributed by atoms with van der Waals surface area (Å²) in [6, 6.07) is 0.602. The summed E-state index contributed by atoms with van der Waals surface area (Å²) >= 11 is 0. The number of unbranched alkanes of at least 4 members (excludes halogenated alkanes) is 1. The van der Waals surface area contributed by atoms with Crippen molar-refractivity contribution >= 4 is 0 Å². The monoisotopic (exact) mass is 172 g/mol. The van der Waals surface area contributed by atoms with Crippen molar-refractivity contribution in [1.29, 1.82) is 0 Å². The molecule has 0 fully saturated rings. The van der Waals surface area contributed by atoms with Crippen LogP contribution in [0, 0.1) is 0 Å². The van der Waals surface area contributed by atoms with Gasteiger partial charge in [0.25, 0.3) is 0 Å². The van der Waals surface area contributed by atoms with E-state index in [0.717, 1.165) is 6.54 Å². The van der Waals surface area contributed by atoms with E-state index in [1.165, 1.54) is 32.2 Å². The normalized spacial score (nSPS) is 13.8. The zero-order valence-electron chi connectivity index (χ0n) is 8.84. The lowest BCUT2D eigenvalue weighted by molar-refractivity contribution is 0.232. The quantitative estimate of drug-likeness (QED) is 0.635. The molecule has 0 aliphatic heterocycles. The lowest BCUT2D eigenvalue weighted by Crippen LogP contribution is -2.38. The van der Waals surface area contributed by atoms with E-state index in [1.54, 1.807) is 0 Å². The molecule has 12 heavy (non-hydrogen) atoms. The highest BCUT2D eigenvalue weighted by Gasteiger charge is 2.10. The van der Waals surface area contributed by atoms with Gasteiger partial charge in [-0.3, -0.25) is 0 Å². The molecule has 2 N–H and O–H groups in total. The third-order valence-corrected chi connectivity index (χ3v) is 2.36. The summed E-state index contributed by atoms with van der Waals surface area (Å²) in [5, 5.41) is 0. The zero-order valence-corrected chi connectivity index (χ0v) is 8.84. The van der Waals surface area contributed by atoms with E-state index in [0.29, 0.717) is 6.04 Å². The molecule has 0 saturated heterocycles. The summed E-state index contributed by atoms with van der Waals surface area (Å²) in [5.41, 5.74) is 5.70. The molecular weight excluding hydrogens is 148 g/mol. The smallest absolute Gasteiger partial charge is 0.0215 e. The average Bonchev–Trinajstić information content (AvgIpc) is 2.06. The van der Waals surface area contributed by atoms with Crippen LogP contribution in [0.15, 0.2) is 0 Å². The molecule has 0 aliphatic carbocycles. The van der Waals surface area contributed by atoms with Gasteiger partial charge in [-0.1, -0.05) is 26.7 Å². The molecule has 0 aromatic heterocycles. The molecule has 0 radical (unpaired) electrons. The first kappa shape index (κ1) is 11.9. The molecule has 0 heterocycles. The molecule has 0 spiro atoms. The topological polar surface area (TPSA) is 29.3 Å². The summed E-state index contributed by atoms with van der Waals surface area (Å²) in [7, 11) is 2.18. The molecule has 0 amide bonds. The molecule has 1 atom stereocenters. The van der Waals surface area contributed by atoms with Crippen LogP contribution in [0.3, 0.4) is 0 Å². The fourth-order valence-corrected chi connectivity index (χ4v) is 1.49. The molecule has 1 unspecified atom stereocenters. The largest absolute Gasteiger partial charge is 0.329 e. The highest BCUT2D eigenvalue weighted by atomic mass is 15.1. The van der Waals surface area contributed by atoms with Crippen LogP contribution < -0.4 is 5.73 Å². The van der Waals surface area contributed by atoms with Crippen molar-refractivity contribution in [2.75, 3.05) is 20.1 Å². The van der Waals surface area contributed by atoms with E-state index >= 15 is 0 Å². The van der Waals surface area contributed by atoms with Crippen LogP contribution in [0.4, 0.5) is 0 Å². The Labute approximate surface area is 77.1 Å². The van der Waals surface area contributed by atoms with E-state index in [2.05, 4.69) is 25.8 Å². The van der Waals surface area contributed by atoms with Gasteiger partial charge < -0.3 is 10.6 Å². The number of likely N-dealkylation sites (N-methyl/N-ethyl adjacent to an activating group) is 1. The van der Waals surface area contributed by atoms with Gasteiger partial charge in [-0.05, 0) is 26.4 Å². The van der Waals surface area contributed by atoms with E-state index in [-0.39, 0.29) is 0 Å². The molecule has 0 bridgehead atoms. The molecule has 2 heteroatoms. The molecule has 0 aliphatic rings. The molecule has 2 nitrogen and oxygen atoms in total. The van der Waals surface area contributed by atoms with Crippen molar-refractivity contribution in [2.45, 2.75) is 45.6 Å². The molecule has 0 saturated carbocycles. The van der Waals surface area contributed by atoms with Gasteiger partial charge in [-0.25, -0.2) is 0 Å². The maximum Gasteiger partial charge on any atom is 0.0215 e. The second kappa shape index (κ2) is 7.56. The standard InChI is InChI=1S/C10H24N2/c1-4-6-7-10(9-11)12(3)8-5-2/h10H,4-9,11H2,1-3H3. The summed E-state index contributed by atoms with van der Waals surface area (Å²) < 4.78 is 0. The van der Waals surface area contributed by atoms with Crippen LogP contribution in [0.5, 0.6) is 0 Å². The number of rotatable bonds is 7. The molecule has 0 rings (SSSR count). The maximum absolute atomic E-state index is 5.70. The van der Waals surface area contributed by atoms with Crippen LogP contribution in [0.2, 0.25) is 0 Å². The summed E-state index contributed by atoms with van der Waals surface area (Å²) in [6.07, 6.45) is 5.05.